The van der Waals surface area contributed by atoms with Crippen LogP contribution in [0, 0.1) is 0 Å². The van der Waals surface area contributed by atoms with Gasteiger partial charge >= 0.3 is 6.18 Å². The van der Waals surface area contributed by atoms with E-state index in [1.54, 1.807) is 6.92 Å². The Labute approximate surface area is 174 Å². The predicted molar refractivity (Wildman–Crippen MR) is 105 cm³/mol. The Bertz CT molecular complexity index is 1200. The van der Waals surface area contributed by atoms with Crippen LogP contribution in [-0.4, -0.2) is 15.3 Å². The SMILES string of the molecule is C[C@@H](NC(=O)c1nc2c(C(F)(F)F)cc(-c3ccoc3)cn2c1Cl)c1ccccc1. The smallest absolute Gasteiger partial charge is 0.420 e. The number of benzene rings is 1. The zero-order chi connectivity index (χ0) is 21.5. The van der Waals surface area contributed by atoms with E-state index in [1.807, 2.05) is 30.3 Å². The summed E-state index contributed by atoms with van der Waals surface area (Å²) in [5.74, 6) is -0.668. The zero-order valence-electron chi connectivity index (χ0n) is 15.6. The van der Waals surface area contributed by atoms with E-state index in [-0.39, 0.29) is 22.5 Å². The molecule has 0 saturated heterocycles. The lowest BCUT2D eigenvalue weighted by molar-refractivity contribution is -0.136. The summed E-state index contributed by atoms with van der Waals surface area (Å²) in [6, 6.07) is 11.2. The van der Waals surface area contributed by atoms with Gasteiger partial charge in [-0.25, -0.2) is 4.98 Å². The molecule has 9 heteroatoms. The van der Waals surface area contributed by atoms with Crippen molar-refractivity contribution in [1.29, 1.82) is 0 Å². The Morgan fingerprint density at radius 2 is 1.93 bits per heavy atom. The summed E-state index contributed by atoms with van der Waals surface area (Å²) in [5.41, 5.74) is -0.225. The highest BCUT2D eigenvalue weighted by molar-refractivity contribution is 6.33. The van der Waals surface area contributed by atoms with Gasteiger partial charge in [0, 0.05) is 17.3 Å². The molecule has 0 aliphatic rings. The van der Waals surface area contributed by atoms with Gasteiger partial charge in [0.25, 0.3) is 5.91 Å². The third-order valence-corrected chi connectivity index (χ3v) is 5.04. The van der Waals surface area contributed by atoms with Crippen molar-refractivity contribution < 1.29 is 22.4 Å². The van der Waals surface area contributed by atoms with Gasteiger partial charge in [-0.05, 0) is 24.6 Å². The van der Waals surface area contributed by atoms with Crippen molar-refractivity contribution in [3.63, 3.8) is 0 Å². The van der Waals surface area contributed by atoms with Crippen LogP contribution in [0.15, 0.2) is 65.6 Å². The van der Waals surface area contributed by atoms with Gasteiger partial charge in [0.05, 0.1) is 24.1 Å². The average molecular weight is 434 g/mol. The minimum Gasteiger partial charge on any atom is -0.472 e. The molecule has 0 aliphatic heterocycles. The lowest BCUT2D eigenvalue weighted by Gasteiger charge is -2.13. The maximum Gasteiger partial charge on any atom is 0.420 e. The van der Waals surface area contributed by atoms with Crippen LogP contribution in [0.5, 0.6) is 0 Å². The molecule has 0 bridgehead atoms. The summed E-state index contributed by atoms with van der Waals surface area (Å²) in [4.78, 5) is 16.6. The summed E-state index contributed by atoms with van der Waals surface area (Å²) < 4.78 is 47.1. The molecule has 0 unspecified atom stereocenters. The van der Waals surface area contributed by atoms with Crippen LogP contribution >= 0.6 is 11.6 Å². The van der Waals surface area contributed by atoms with E-state index in [2.05, 4.69) is 10.3 Å². The Morgan fingerprint density at radius 3 is 2.57 bits per heavy atom. The number of fused-ring (bicyclic) bond motifs is 1. The number of pyridine rings is 1. The van der Waals surface area contributed by atoms with Gasteiger partial charge < -0.3 is 9.73 Å². The Hall–Kier alpha value is -3.26. The highest BCUT2D eigenvalue weighted by Gasteiger charge is 2.36. The molecule has 5 nitrogen and oxygen atoms in total. The van der Waals surface area contributed by atoms with Gasteiger partial charge in [-0.1, -0.05) is 41.9 Å². The molecule has 4 rings (SSSR count). The van der Waals surface area contributed by atoms with Crippen molar-refractivity contribution in [3.05, 3.63) is 83.2 Å². The van der Waals surface area contributed by atoms with Gasteiger partial charge in [-0.2, -0.15) is 13.2 Å². The maximum absolute atomic E-state index is 13.7. The van der Waals surface area contributed by atoms with Crippen LogP contribution in [0.3, 0.4) is 0 Å². The second-order valence-electron chi connectivity index (χ2n) is 6.70. The van der Waals surface area contributed by atoms with Crippen molar-refractivity contribution in [2.75, 3.05) is 0 Å². The number of halogens is 4. The molecule has 154 valence electrons. The van der Waals surface area contributed by atoms with E-state index in [0.717, 1.165) is 16.0 Å². The van der Waals surface area contributed by atoms with Crippen LogP contribution in [0.25, 0.3) is 16.8 Å². The van der Waals surface area contributed by atoms with E-state index < -0.39 is 23.3 Å². The first-order valence-corrected chi connectivity index (χ1v) is 9.30. The van der Waals surface area contributed by atoms with Crippen molar-refractivity contribution in [2.24, 2.45) is 0 Å². The fraction of sp³-hybridized carbons (Fsp3) is 0.143. The Balaban J connectivity index is 1.78. The molecule has 0 aliphatic carbocycles. The largest absolute Gasteiger partial charge is 0.472 e. The highest BCUT2D eigenvalue weighted by atomic mass is 35.5. The van der Waals surface area contributed by atoms with Crippen molar-refractivity contribution in [1.82, 2.24) is 14.7 Å². The van der Waals surface area contributed by atoms with E-state index in [9.17, 15) is 18.0 Å². The van der Waals surface area contributed by atoms with E-state index >= 15 is 0 Å². The number of hydrogen-bond acceptors (Lipinski definition) is 3. The molecule has 1 atom stereocenters. The first-order valence-electron chi connectivity index (χ1n) is 8.93. The quantitative estimate of drug-likeness (QED) is 0.445. The molecule has 3 aromatic heterocycles. The first-order chi connectivity index (χ1) is 14.3. The van der Waals surface area contributed by atoms with Crippen LogP contribution in [-0.2, 0) is 6.18 Å². The number of carbonyl (C=O) groups is 1. The summed E-state index contributed by atoms with van der Waals surface area (Å²) in [5, 5.41) is 2.51. The molecule has 30 heavy (non-hydrogen) atoms. The fourth-order valence-corrected chi connectivity index (χ4v) is 3.40. The Morgan fingerprint density at radius 1 is 1.20 bits per heavy atom. The molecule has 3 heterocycles. The second-order valence-corrected chi connectivity index (χ2v) is 7.06. The van der Waals surface area contributed by atoms with E-state index in [4.69, 9.17) is 16.0 Å². The normalized spacial score (nSPS) is 12.8. The number of furan rings is 1. The van der Waals surface area contributed by atoms with Gasteiger partial charge in [0.2, 0.25) is 0 Å². The molecule has 0 saturated carbocycles. The molecular formula is C21H15ClF3N3O2. The third kappa shape index (κ3) is 3.66. The first kappa shape index (κ1) is 20.0. The number of rotatable bonds is 4. The van der Waals surface area contributed by atoms with Crippen LogP contribution in [0.4, 0.5) is 13.2 Å². The van der Waals surface area contributed by atoms with Crippen molar-refractivity contribution in [3.8, 4) is 11.1 Å². The number of imidazole rings is 1. The molecule has 0 radical (unpaired) electrons. The minimum atomic E-state index is -4.69. The van der Waals surface area contributed by atoms with Crippen molar-refractivity contribution in [2.45, 2.75) is 19.1 Å². The number of aromatic nitrogens is 2. The summed E-state index contributed by atoms with van der Waals surface area (Å²) in [6.45, 7) is 1.76. The maximum atomic E-state index is 13.7. The third-order valence-electron chi connectivity index (χ3n) is 4.68. The predicted octanol–water partition coefficient (Wildman–Crippen LogP) is 5.76. The lowest BCUT2D eigenvalue weighted by atomic mass is 10.1. The number of nitrogens with zero attached hydrogens (tertiary/aromatic N) is 2. The molecular weight excluding hydrogens is 419 g/mol. The molecule has 1 aromatic carbocycles. The molecule has 0 fully saturated rings. The number of carbonyl (C=O) groups excluding carboxylic acids is 1. The molecule has 1 N–H and O–H groups in total. The van der Waals surface area contributed by atoms with Crippen LogP contribution in [0.1, 0.15) is 34.6 Å². The van der Waals surface area contributed by atoms with Gasteiger partial charge in [-0.15, -0.1) is 0 Å². The van der Waals surface area contributed by atoms with Crippen LogP contribution in [0.2, 0.25) is 5.15 Å². The molecule has 1 amide bonds. The monoisotopic (exact) mass is 433 g/mol. The number of nitrogens with one attached hydrogen (secondary N) is 1. The van der Waals surface area contributed by atoms with E-state index in [0.29, 0.717) is 5.56 Å². The summed E-state index contributed by atoms with van der Waals surface area (Å²) >= 11 is 6.29. The van der Waals surface area contributed by atoms with Gasteiger partial charge in [0.1, 0.15) is 5.15 Å². The van der Waals surface area contributed by atoms with Crippen LogP contribution < -0.4 is 5.32 Å². The topological polar surface area (TPSA) is 59.5 Å². The average Bonchev–Trinajstić information content (AvgIpc) is 3.36. The lowest BCUT2D eigenvalue weighted by Crippen LogP contribution is -2.27. The summed E-state index contributed by atoms with van der Waals surface area (Å²) in [7, 11) is 0. The standard InChI is InChI=1S/C21H15ClF3N3O2/c1-12(13-5-3-2-4-6-13)26-20(29)17-18(22)28-10-15(14-7-8-30-11-14)9-16(19(28)27-17)21(23,24)25/h2-12H,1H3,(H,26,29)/t12-/m1/s1. The summed E-state index contributed by atoms with van der Waals surface area (Å²) in [6.07, 6.45) is -0.629. The number of amides is 1. The number of hydrogen-bond donors (Lipinski definition) is 1. The number of alkyl halides is 3. The van der Waals surface area contributed by atoms with Crippen molar-refractivity contribution >= 4 is 23.2 Å². The molecule has 4 aromatic rings. The highest BCUT2D eigenvalue weighted by Crippen LogP contribution is 2.37. The Kier molecular flexibility index (Phi) is 5.03. The fourth-order valence-electron chi connectivity index (χ4n) is 3.15. The minimum absolute atomic E-state index is 0.210. The second kappa shape index (κ2) is 7.53. The zero-order valence-corrected chi connectivity index (χ0v) is 16.3. The van der Waals surface area contributed by atoms with Gasteiger partial charge in [0.15, 0.2) is 11.3 Å². The van der Waals surface area contributed by atoms with Gasteiger partial charge in [-0.3, -0.25) is 9.20 Å². The molecule has 0 spiro atoms. The van der Waals surface area contributed by atoms with E-state index in [1.165, 1.54) is 24.8 Å².